The highest BCUT2D eigenvalue weighted by atomic mass is 79.9. The van der Waals surface area contributed by atoms with E-state index < -0.39 is 5.97 Å². The fourth-order valence-corrected chi connectivity index (χ4v) is 1.47. The van der Waals surface area contributed by atoms with Crippen LogP contribution in [-0.2, 0) is 0 Å². The number of rotatable bonds is 3. The molecule has 0 bridgehead atoms. The summed E-state index contributed by atoms with van der Waals surface area (Å²) in [7, 11) is 0. The van der Waals surface area contributed by atoms with Gasteiger partial charge < -0.3 is 9.84 Å². The minimum Gasteiger partial charge on any atom is -0.478 e. The Hall–Kier alpha value is -1.88. The molecule has 0 spiro atoms. The maximum Gasteiger partial charge on any atom is 0.335 e. The first kappa shape index (κ1) is 11.6. The van der Waals surface area contributed by atoms with E-state index in [1.165, 1.54) is 12.1 Å². The lowest BCUT2D eigenvalue weighted by Crippen LogP contribution is -1.96. The van der Waals surface area contributed by atoms with E-state index in [1.54, 1.807) is 30.5 Å². The fraction of sp³-hybridized carbons (Fsp3) is 0. The van der Waals surface area contributed by atoms with Crippen LogP contribution in [0.5, 0.6) is 11.6 Å². The van der Waals surface area contributed by atoms with E-state index in [2.05, 4.69) is 20.9 Å². The van der Waals surface area contributed by atoms with Crippen molar-refractivity contribution in [1.29, 1.82) is 0 Å². The highest BCUT2D eigenvalue weighted by Gasteiger charge is 2.04. The van der Waals surface area contributed by atoms with Gasteiger partial charge in [0.25, 0.3) is 0 Å². The number of carboxylic acid groups (broad SMARTS) is 1. The third-order valence-electron chi connectivity index (χ3n) is 2.00. The molecule has 2 rings (SSSR count). The summed E-state index contributed by atoms with van der Waals surface area (Å²) < 4.78 is 6.28. The number of hydrogen-bond acceptors (Lipinski definition) is 3. The molecule has 0 amide bonds. The number of nitrogens with zero attached hydrogens (tertiary/aromatic N) is 1. The normalized spacial score (nSPS) is 9.94. The molecule has 1 aromatic carbocycles. The predicted octanol–water partition coefficient (Wildman–Crippen LogP) is 3.33. The van der Waals surface area contributed by atoms with Crippen LogP contribution in [0.15, 0.2) is 47.1 Å². The van der Waals surface area contributed by atoms with Crippen LogP contribution in [0.3, 0.4) is 0 Å². The summed E-state index contributed by atoms with van der Waals surface area (Å²) in [5.41, 5.74) is 0.180. The van der Waals surface area contributed by atoms with Crippen LogP contribution in [0.2, 0.25) is 0 Å². The Balaban J connectivity index is 2.21. The van der Waals surface area contributed by atoms with Gasteiger partial charge >= 0.3 is 5.97 Å². The lowest BCUT2D eigenvalue weighted by Gasteiger charge is -2.05. The van der Waals surface area contributed by atoms with Crippen molar-refractivity contribution in [2.45, 2.75) is 0 Å². The number of carboxylic acids is 1. The maximum atomic E-state index is 10.8. The first-order valence-corrected chi connectivity index (χ1v) is 5.57. The minimum absolute atomic E-state index is 0.180. The summed E-state index contributed by atoms with van der Waals surface area (Å²) >= 11 is 3.27. The van der Waals surface area contributed by atoms with Crippen molar-refractivity contribution in [1.82, 2.24) is 4.98 Å². The van der Waals surface area contributed by atoms with E-state index in [4.69, 9.17) is 9.84 Å². The first-order chi connectivity index (χ1) is 8.15. The van der Waals surface area contributed by atoms with Gasteiger partial charge in [-0.05, 0) is 40.2 Å². The number of carbonyl (C=O) groups is 1. The Bertz CT molecular complexity index is 540. The highest BCUT2D eigenvalue weighted by Crippen LogP contribution is 2.21. The summed E-state index contributed by atoms with van der Waals surface area (Å²) in [6.07, 6.45) is 1.61. The van der Waals surface area contributed by atoms with E-state index in [0.717, 1.165) is 4.47 Å². The molecule has 0 saturated carbocycles. The van der Waals surface area contributed by atoms with Crippen molar-refractivity contribution in [2.24, 2.45) is 0 Å². The predicted molar refractivity (Wildman–Crippen MR) is 65.4 cm³/mol. The zero-order chi connectivity index (χ0) is 12.3. The molecule has 0 fully saturated rings. The Morgan fingerprint density at radius 3 is 2.76 bits per heavy atom. The van der Waals surface area contributed by atoms with E-state index in [0.29, 0.717) is 11.6 Å². The third kappa shape index (κ3) is 3.04. The molecule has 0 aliphatic carbocycles. The van der Waals surface area contributed by atoms with Crippen molar-refractivity contribution in [2.75, 3.05) is 0 Å². The summed E-state index contributed by atoms with van der Waals surface area (Å²) in [6, 6.07) is 9.74. The average Bonchev–Trinajstić information content (AvgIpc) is 2.32. The summed E-state index contributed by atoms with van der Waals surface area (Å²) in [6.45, 7) is 0. The Labute approximate surface area is 106 Å². The van der Waals surface area contributed by atoms with E-state index >= 15 is 0 Å². The van der Waals surface area contributed by atoms with Crippen molar-refractivity contribution >= 4 is 21.9 Å². The molecular weight excluding hydrogens is 286 g/mol. The molecular formula is C12H8BrNO3. The Kier molecular flexibility index (Phi) is 3.39. The third-order valence-corrected chi connectivity index (χ3v) is 2.47. The minimum atomic E-state index is -0.987. The van der Waals surface area contributed by atoms with E-state index in [1.807, 2.05) is 0 Å². The van der Waals surface area contributed by atoms with E-state index in [-0.39, 0.29) is 5.56 Å². The van der Waals surface area contributed by atoms with Crippen LogP contribution in [0.25, 0.3) is 0 Å². The van der Waals surface area contributed by atoms with Crippen molar-refractivity contribution in [3.63, 3.8) is 0 Å². The number of halogens is 1. The van der Waals surface area contributed by atoms with Crippen molar-refractivity contribution in [3.8, 4) is 11.6 Å². The van der Waals surface area contributed by atoms with Gasteiger partial charge in [0.1, 0.15) is 5.75 Å². The first-order valence-electron chi connectivity index (χ1n) is 4.78. The highest BCUT2D eigenvalue weighted by molar-refractivity contribution is 9.10. The van der Waals surface area contributed by atoms with Crippen LogP contribution in [0.4, 0.5) is 0 Å². The average molecular weight is 294 g/mol. The molecule has 1 aromatic heterocycles. The monoisotopic (exact) mass is 293 g/mol. The lowest BCUT2D eigenvalue weighted by molar-refractivity contribution is 0.0696. The molecule has 0 unspecified atom stereocenters. The van der Waals surface area contributed by atoms with Crippen LogP contribution >= 0.6 is 15.9 Å². The van der Waals surface area contributed by atoms with Gasteiger partial charge in [-0.25, -0.2) is 9.78 Å². The van der Waals surface area contributed by atoms with Crippen LogP contribution in [-0.4, -0.2) is 16.1 Å². The van der Waals surface area contributed by atoms with Gasteiger partial charge in [0.05, 0.1) is 5.56 Å². The molecule has 17 heavy (non-hydrogen) atoms. The van der Waals surface area contributed by atoms with Gasteiger partial charge in [-0.2, -0.15) is 0 Å². The molecule has 86 valence electrons. The standard InChI is InChI=1S/C12H8BrNO3/c13-9-4-5-11(14-7-9)17-10-3-1-2-8(6-10)12(15)16/h1-7H,(H,15,16). The second-order valence-corrected chi connectivity index (χ2v) is 4.17. The zero-order valence-corrected chi connectivity index (χ0v) is 10.2. The van der Waals surface area contributed by atoms with Crippen molar-refractivity contribution in [3.05, 3.63) is 52.6 Å². The molecule has 4 nitrogen and oxygen atoms in total. The summed E-state index contributed by atoms with van der Waals surface area (Å²) in [5, 5.41) is 8.83. The molecule has 0 radical (unpaired) electrons. The molecule has 0 atom stereocenters. The molecule has 2 aromatic rings. The number of aromatic nitrogens is 1. The number of hydrogen-bond donors (Lipinski definition) is 1. The van der Waals surface area contributed by atoms with Gasteiger partial charge in [-0.1, -0.05) is 6.07 Å². The number of aromatic carboxylic acids is 1. The number of ether oxygens (including phenoxy) is 1. The van der Waals surface area contributed by atoms with Gasteiger partial charge in [0.15, 0.2) is 0 Å². The molecule has 0 saturated heterocycles. The smallest absolute Gasteiger partial charge is 0.335 e. The van der Waals surface area contributed by atoms with Gasteiger partial charge in [-0.15, -0.1) is 0 Å². The Morgan fingerprint density at radius 2 is 2.12 bits per heavy atom. The van der Waals surface area contributed by atoms with Gasteiger partial charge in [-0.3, -0.25) is 0 Å². The Morgan fingerprint density at radius 1 is 1.29 bits per heavy atom. The van der Waals surface area contributed by atoms with Crippen LogP contribution < -0.4 is 4.74 Å². The van der Waals surface area contributed by atoms with Gasteiger partial charge in [0.2, 0.25) is 5.88 Å². The molecule has 0 aliphatic heterocycles. The second-order valence-electron chi connectivity index (χ2n) is 3.25. The molecule has 5 heteroatoms. The zero-order valence-electron chi connectivity index (χ0n) is 8.63. The lowest BCUT2D eigenvalue weighted by atomic mass is 10.2. The second kappa shape index (κ2) is 4.97. The summed E-state index contributed by atoms with van der Waals surface area (Å²) in [5.74, 6) is -0.130. The van der Waals surface area contributed by atoms with Crippen molar-refractivity contribution < 1.29 is 14.6 Å². The molecule has 1 N–H and O–H groups in total. The maximum absolute atomic E-state index is 10.8. The fourth-order valence-electron chi connectivity index (χ4n) is 1.24. The topological polar surface area (TPSA) is 59.4 Å². The summed E-state index contributed by atoms with van der Waals surface area (Å²) in [4.78, 5) is 14.8. The quantitative estimate of drug-likeness (QED) is 0.943. The number of benzene rings is 1. The number of pyridine rings is 1. The van der Waals surface area contributed by atoms with Gasteiger partial charge in [0, 0.05) is 16.7 Å². The molecule has 1 heterocycles. The van der Waals surface area contributed by atoms with E-state index in [9.17, 15) is 4.79 Å². The largest absolute Gasteiger partial charge is 0.478 e. The van der Waals surface area contributed by atoms with Crippen LogP contribution in [0, 0.1) is 0 Å². The SMILES string of the molecule is O=C(O)c1cccc(Oc2ccc(Br)cn2)c1. The van der Waals surface area contributed by atoms with Crippen LogP contribution in [0.1, 0.15) is 10.4 Å². The molecule has 0 aliphatic rings.